The van der Waals surface area contributed by atoms with Gasteiger partial charge in [-0.15, -0.1) is 0 Å². The maximum atomic E-state index is 6.13. The summed E-state index contributed by atoms with van der Waals surface area (Å²) in [7, 11) is 0. The van der Waals surface area contributed by atoms with Gasteiger partial charge in [-0.2, -0.15) is 0 Å². The van der Waals surface area contributed by atoms with Gasteiger partial charge in [0.2, 0.25) is 0 Å². The molecule has 2 aromatic carbocycles. The first kappa shape index (κ1) is 15.0. The Kier molecular flexibility index (Phi) is 4.58. The molecule has 21 heavy (non-hydrogen) atoms. The van der Waals surface area contributed by atoms with Gasteiger partial charge in [0.25, 0.3) is 0 Å². The fourth-order valence-electron chi connectivity index (χ4n) is 2.89. The van der Waals surface area contributed by atoms with Crippen molar-refractivity contribution in [3.8, 4) is 0 Å². The molecular weight excluding hydrogens is 298 g/mol. The van der Waals surface area contributed by atoms with E-state index in [0.29, 0.717) is 0 Å². The number of hydrogen-bond acceptors (Lipinski definition) is 2. The van der Waals surface area contributed by atoms with Crippen LogP contribution in [0, 0.1) is 0 Å². The molecule has 110 valence electrons. The molecule has 0 aromatic heterocycles. The highest BCUT2D eigenvalue weighted by Gasteiger charge is 2.13. The van der Waals surface area contributed by atoms with E-state index < -0.39 is 0 Å². The first-order chi connectivity index (χ1) is 10.1. The number of benzene rings is 2. The van der Waals surface area contributed by atoms with Crippen molar-refractivity contribution >= 4 is 23.4 Å². The van der Waals surface area contributed by atoms with Crippen molar-refractivity contribution in [3.05, 3.63) is 58.1 Å². The van der Waals surface area contributed by atoms with E-state index in [4.69, 9.17) is 17.3 Å². The molecule has 2 N–H and O–H groups in total. The third kappa shape index (κ3) is 3.63. The summed E-state index contributed by atoms with van der Waals surface area (Å²) in [5.74, 6) is 0. The van der Waals surface area contributed by atoms with E-state index in [1.54, 1.807) is 0 Å². The number of hydrogen-bond donors (Lipinski definition) is 1. The van der Waals surface area contributed by atoms with Crippen LogP contribution in [0.1, 0.15) is 30.0 Å². The lowest BCUT2D eigenvalue weighted by atomic mass is 10.1. The van der Waals surface area contributed by atoms with Crippen molar-refractivity contribution in [2.75, 3.05) is 0 Å². The Bertz CT molecular complexity index is 652. The van der Waals surface area contributed by atoms with E-state index in [1.165, 1.54) is 45.7 Å². The van der Waals surface area contributed by atoms with Crippen LogP contribution in [-0.4, -0.2) is 6.04 Å². The van der Waals surface area contributed by atoms with E-state index >= 15 is 0 Å². The van der Waals surface area contributed by atoms with Crippen LogP contribution in [0.2, 0.25) is 5.02 Å². The minimum absolute atomic E-state index is 0.142. The van der Waals surface area contributed by atoms with Crippen LogP contribution >= 0.6 is 23.4 Å². The summed E-state index contributed by atoms with van der Waals surface area (Å²) in [6.07, 6.45) is 4.60. The number of fused-ring (bicyclic) bond motifs is 1. The Morgan fingerprint density at radius 3 is 2.76 bits per heavy atom. The molecular formula is C18H20ClNS. The summed E-state index contributed by atoms with van der Waals surface area (Å²) in [4.78, 5) is 2.57. The van der Waals surface area contributed by atoms with Gasteiger partial charge < -0.3 is 5.73 Å². The summed E-state index contributed by atoms with van der Waals surface area (Å²) in [6, 6.07) is 13.1. The summed E-state index contributed by atoms with van der Waals surface area (Å²) >= 11 is 7.95. The molecule has 0 aliphatic heterocycles. The second-order valence-corrected chi connectivity index (χ2v) is 7.37. The molecule has 0 fully saturated rings. The highest BCUT2D eigenvalue weighted by molar-refractivity contribution is 7.99. The Morgan fingerprint density at radius 1 is 1.14 bits per heavy atom. The first-order valence-corrected chi connectivity index (χ1v) is 8.65. The van der Waals surface area contributed by atoms with Gasteiger partial charge in [-0.1, -0.05) is 29.4 Å². The van der Waals surface area contributed by atoms with Gasteiger partial charge in [0.15, 0.2) is 0 Å². The standard InChI is InChI=1S/C18H20ClNS/c1-12(20)9-15-10-16(19)6-8-18(15)21-17-7-5-13-3-2-4-14(13)11-17/h5-8,10-12H,2-4,9,20H2,1H3. The molecule has 0 saturated heterocycles. The van der Waals surface area contributed by atoms with Crippen molar-refractivity contribution < 1.29 is 0 Å². The highest BCUT2D eigenvalue weighted by atomic mass is 35.5. The lowest BCUT2D eigenvalue weighted by Gasteiger charge is -2.12. The maximum Gasteiger partial charge on any atom is 0.0409 e. The van der Waals surface area contributed by atoms with E-state index in [1.807, 2.05) is 30.8 Å². The summed E-state index contributed by atoms with van der Waals surface area (Å²) in [5.41, 5.74) is 10.2. The van der Waals surface area contributed by atoms with Crippen LogP contribution in [0.5, 0.6) is 0 Å². The fraction of sp³-hybridized carbons (Fsp3) is 0.333. The van der Waals surface area contributed by atoms with Crippen molar-refractivity contribution in [3.63, 3.8) is 0 Å². The SMILES string of the molecule is CC(N)Cc1cc(Cl)ccc1Sc1ccc2c(c1)CCC2. The normalized spacial score (nSPS) is 15.0. The predicted octanol–water partition coefficient (Wildman–Crippen LogP) is 4.87. The predicted molar refractivity (Wildman–Crippen MR) is 91.4 cm³/mol. The highest BCUT2D eigenvalue weighted by Crippen LogP contribution is 2.35. The number of aryl methyl sites for hydroxylation is 2. The van der Waals surface area contributed by atoms with Gasteiger partial charge in [0.1, 0.15) is 0 Å². The molecule has 1 unspecified atom stereocenters. The van der Waals surface area contributed by atoms with E-state index in [2.05, 4.69) is 24.3 Å². The topological polar surface area (TPSA) is 26.0 Å². The molecule has 0 amide bonds. The lowest BCUT2D eigenvalue weighted by Crippen LogP contribution is -2.18. The molecule has 1 nitrogen and oxygen atoms in total. The molecule has 2 aromatic rings. The van der Waals surface area contributed by atoms with Crippen LogP contribution in [0.3, 0.4) is 0 Å². The maximum absolute atomic E-state index is 6.13. The summed E-state index contributed by atoms with van der Waals surface area (Å²) in [5, 5.41) is 0.781. The lowest BCUT2D eigenvalue weighted by molar-refractivity contribution is 0.729. The van der Waals surface area contributed by atoms with Gasteiger partial charge in [-0.3, -0.25) is 0 Å². The van der Waals surface area contributed by atoms with Crippen LogP contribution < -0.4 is 5.73 Å². The van der Waals surface area contributed by atoms with Crippen LogP contribution in [0.15, 0.2) is 46.2 Å². The number of rotatable bonds is 4. The van der Waals surface area contributed by atoms with Crippen molar-refractivity contribution in [2.45, 2.75) is 48.4 Å². The zero-order valence-corrected chi connectivity index (χ0v) is 13.8. The molecule has 1 aliphatic rings. The molecule has 1 atom stereocenters. The number of nitrogens with two attached hydrogens (primary N) is 1. The van der Waals surface area contributed by atoms with Crippen LogP contribution in [-0.2, 0) is 19.3 Å². The van der Waals surface area contributed by atoms with E-state index in [9.17, 15) is 0 Å². The van der Waals surface area contributed by atoms with Crippen LogP contribution in [0.25, 0.3) is 0 Å². The third-order valence-electron chi connectivity index (χ3n) is 3.86. The Balaban J connectivity index is 1.87. The third-order valence-corrected chi connectivity index (χ3v) is 5.21. The minimum atomic E-state index is 0.142. The molecule has 0 radical (unpaired) electrons. The second kappa shape index (κ2) is 6.43. The second-order valence-electron chi connectivity index (χ2n) is 5.82. The summed E-state index contributed by atoms with van der Waals surface area (Å²) in [6.45, 7) is 2.03. The van der Waals surface area contributed by atoms with Gasteiger partial charge in [0, 0.05) is 20.9 Å². The first-order valence-electron chi connectivity index (χ1n) is 7.45. The molecule has 3 rings (SSSR count). The largest absolute Gasteiger partial charge is 0.328 e. The smallest absolute Gasteiger partial charge is 0.0409 e. The average molecular weight is 318 g/mol. The van der Waals surface area contributed by atoms with Crippen LogP contribution in [0.4, 0.5) is 0 Å². The Labute approximate surface area is 135 Å². The molecule has 0 heterocycles. The Morgan fingerprint density at radius 2 is 1.95 bits per heavy atom. The Hall–Kier alpha value is -0.960. The van der Waals surface area contributed by atoms with Gasteiger partial charge in [-0.25, -0.2) is 0 Å². The minimum Gasteiger partial charge on any atom is -0.328 e. The fourth-order valence-corrected chi connectivity index (χ4v) is 4.09. The molecule has 1 aliphatic carbocycles. The molecule has 3 heteroatoms. The van der Waals surface area contributed by atoms with E-state index in [-0.39, 0.29) is 6.04 Å². The molecule has 0 bridgehead atoms. The van der Waals surface area contributed by atoms with E-state index in [0.717, 1.165) is 11.4 Å². The summed E-state index contributed by atoms with van der Waals surface area (Å²) < 4.78 is 0. The van der Waals surface area contributed by atoms with Crippen molar-refractivity contribution in [1.82, 2.24) is 0 Å². The average Bonchev–Trinajstić information content (AvgIpc) is 2.88. The zero-order valence-electron chi connectivity index (χ0n) is 12.2. The quantitative estimate of drug-likeness (QED) is 0.870. The van der Waals surface area contributed by atoms with Crippen molar-refractivity contribution in [2.24, 2.45) is 5.73 Å². The van der Waals surface area contributed by atoms with Crippen molar-refractivity contribution in [1.29, 1.82) is 0 Å². The molecule has 0 saturated carbocycles. The van der Waals surface area contributed by atoms with Gasteiger partial charge >= 0.3 is 0 Å². The van der Waals surface area contributed by atoms with Gasteiger partial charge in [-0.05, 0) is 79.6 Å². The monoisotopic (exact) mass is 317 g/mol. The number of halogens is 1. The van der Waals surface area contributed by atoms with Gasteiger partial charge in [0.05, 0.1) is 0 Å². The zero-order chi connectivity index (χ0) is 14.8. The molecule has 0 spiro atoms.